The number of anilines is 1. The van der Waals surface area contributed by atoms with Gasteiger partial charge in [-0.3, -0.25) is 0 Å². The van der Waals surface area contributed by atoms with Crippen LogP contribution in [0.3, 0.4) is 0 Å². The summed E-state index contributed by atoms with van der Waals surface area (Å²) >= 11 is 3.48. The van der Waals surface area contributed by atoms with E-state index >= 15 is 0 Å². The summed E-state index contributed by atoms with van der Waals surface area (Å²) in [6.45, 7) is 0. The second-order valence-electron chi connectivity index (χ2n) is 3.68. The highest BCUT2D eigenvalue weighted by atomic mass is 79.9. The summed E-state index contributed by atoms with van der Waals surface area (Å²) < 4.78 is 5.84. The fraction of sp³-hybridized carbons (Fsp3) is 0.0833. The second kappa shape index (κ2) is 4.38. The van der Waals surface area contributed by atoms with Crippen molar-refractivity contribution in [1.82, 2.24) is 15.1 Å². The summed E-state index contributed by atoms with van der Waals surface area (Å²) in [5.74, 6) is 0.456. The van der Waals surface area contributed by atoms with Crippen LogP contribution in [-0.2, 0) is 0 Å². The zero-order chi connectivity index (χ0) is 12.5. The van der Waals surface area contributed by atoms with Crippen LogP contribution >= 0.6 is 15.9 Å². The number of rotatable bonds is 2. The molecule has 0 radical (unpaired) electrons. The van der Waals surface area contributed by atoms with Crippen LogP contribution < -0.4 is 5.32 Å². The summed E-state index contributed by atoms with van der Waals surface area (Å²) in [4.78, 5) is 8.72. The SMILES string of the molecule is CNc1nc(-c2nc3ccccc3cc2Br)no1. The molecule has 0 aliphatic carbocycles. The van der Waals surface area contributed by atoms with Gasteiger partial charge in [-0.05, 0) is 28.1 Å². The van der Waals surface area contributed by atoms with Crippen molar-refractivity contribution in [2.45, 2.75) is 0 Å². The number of aromatic nitrogens is 3. The molecule has 5 nitrogen and oxygen atoms in total. The first-order valence-electron chi connectivity index (χ1n) is 5.35. The van der Waals surface area contributed by atoms with Gasteiger partial charge in [0.1, 0.15) is 5.69 Å². The Morgan fingerprint density at radius 3 is 2.83 bits per heavy atom. The normalized spacial score (nSPS) is 10.8. The lowest BCUT2D eigenvalue weighted by molar-refractivity contribution is 0.434. The summed E-state index contributed by atoms with van der Waals surface area (Å²) in [5, 5.41) is 7.73. The van der Waals surface area contributed by atoms with Gasteiger partial charge < -0.3 is 9.84 Å². The van der Waals surface area contributed by atoms with E-state index in [1.165, 1.54) is 0 Å². The minimum absolute atomic E-state index is 0.367. The molecular formula is C12H9BrN4O. The number of pyridine rings is 1. The maximum Gasteiger partial charge on any atom is 0.321 e. The van der Waals surface area contributed by atoms with E-state index in [-0.39, 0.29) is 0 Å². The lowest BCUT2D eigenvalue weighted by Gasteiger charge is -2.01. The lowest BCUT2D eigenvalue weighted by atomic mass is 10.2. The first-order chi connectivity index (χ1) is 8.78. The van der Waals surface area contributed by atoms with Crippen molar-refractivity contribution in [3.05, 3.63) is 34.8 Å². The Kier molecular flexibility index (Phi) is 2.71. The number of hydrogen-bond acceptors (Lipinski definition) is 5. The third-order valence-electron chi connectivity index (χ3n) is 2.53. The Morgan fingerprint density at radius 1 is 1.22 bits per heavy atom. The molecule has 1 N–H and O–H groups in total. The second-order valence-corrected chi connectivity index (χ2v) is 4.54. The number of nitrogens with one attached hydrogen (secondary N) is 1. The summed E-state index contributed by atoms with van der Waals surface area (Å²) in [7, 11) is 1.72. The van der Waals surface area contributed by atoms with Crippen LogP contribution in [0.2, 0.25) is 0 Å². The largest absolute Gasteiger partial charge is 0.341 e. The summed E-state index contributed by atoms with van der Waals surface area (Å²) in [5.41, 5.74) is 1.56. The molecule has 0 bridgehead atoms. The molecule has 0 aliphatic rings. The topological polar surface area (TPSA) is 63.8 Å². The molecule has 1 aromatic carbocycles. The molecule has 0 unspecified atom stereocenters. The first-order valence-corrected chi connectivity index (χ1v) is 6.14. The monoisotopic (exact) mass is 304 g/mol. The van der Waals surface area contributed by atoms with Crippen molar-refractivity contribution < 1.29 is 4.52 Å². The molecule has 18 heavy (non-hydrogen) atoms. The van der Waals surface area contributed by atoms with Crippen LogP contribution in [0.5, 0.6) is 0 Å². The van der Waals surface area contributed by atoms with Crippen molar-refractivity contribution in [2.24, 2.45) is 0 Å². The van der Waals surface area contributed by atoms with E-state index < -0.39 is 0 Å². The van der Waals surface area contributed by atoms with Gasteiger partial charge in [-0.15, -0.1) is 0 Å². The molecule has 0 aliphatic heterocycles. The Balaban J connectivity index is 2.19. The van der Waals surface area contributed by atoms with E-state index in [2.05, 4.69) is 36.4 Å². The van der Waals surface area contributed by atoms with Gasteiger partial charge in [0.05, 0.1) is 5.52 Å². The molecule has 2 aromatic heterocycles. The molecular weight excluding hydrogens is 296 g/mol. The summed E-state index contributed by atoms with van der Waals surface area (Å²) in [6, 6.07) is 10.2. The molecule has 0 atom stereocenters. The van der Waals surface area contributed by atoms with Crippen molar-refractivity contribution >= 4 is 32.8 Å². The molecule has 0 saturated heterocycles. The molecule has 0 saturated carbocycles. The Hall–Kier alpha value is -1.95. The van der Waals surface area contributed by atoms with Crippen LogP contribution in [0.25, 0.3) is 22.4 Å². The quantitative estimate of drug-likeness (QED) is 0.788. The van der Waals surface area contributed by atoms with Crippen LogP contribution in [0.4, 0.5) is 6.01 Å². The number of nitrogens with zero attached hydrogens (tertiary/aromatic N) is 3. The molecule has 3 rings (SSSR count). The molecule has 0 fully saturated rings. The number of para-hydroxylation sites is 1. The van der Waals surface area contributed by atoms with Crippen molar-refractivity contribution in [1.29, 1.82) is 0 Å². The number of halogens is 1. The number of hydrogen-bond donors (Lipinski definition) is 1. The van der Waals surface area contributed by atoms with E-state index in [4.69, 9.17) is 4.52 Å². The van der Waals surface area contributed by atoms with Gasteiger partial charge in [0.2, 0.25) is 5.82 Å². The Labute approximate surface area is 111 Å². The van der Waals surface area contributed by atoms with Crippen LogP contribution in [0, 0.1) is 0 Å². The molecule has 0 spiro atoms. The standard InChI is InChI=1S/C12H9BrN4O/c1-14-12-16-11(17-18-12)10-8(13)6-7-4-2-3-5-9(7)15-10/h2-6H,1H3,(H,14,16,17). The molecule has 2 heterocycles. The number of benzene rings is 1. The fourth-order valence-corrected chi connectivity index (χ4v) is 2.18. The van der Waals surface area contributed by atoms with Gasteiger partial charge in [-0.25, -0.2) is 4.98 Å². The average Bonchev–Trinajstić information content (AvgIpc) is 2.86. The van der Waals surface area contributed by atoms with Crippen molar-refractivity contribution in [2.75, 3.05) is 12.4 Å². The van der Waals surface area contributed by atoms with Crippen LogP contribution in [-0.4, -0.2) is 22.2 Å². The first kappa shape index (κ1) is 11.2. The Bertz CT molecular complexity index is 710. The predicted molar refractivity (Wildman–Crippen MR) is 72.3 cm³/mol. The molecule has 0 amide bonds. The van der Waals surface area contributed by atoms with E-state index in [9.17, 15) is 0 Å². The lowest BCUT2D eigenvalue weighted by Crippen LogP contribution is -1.91. The minimum Gasteiger partial charge on any atom is -0.341 e. The van der Waals surface area contributed by atoms with Crippen molar-refractivity contribution in [3.63, 3.8) is 0 Å². The highest BCUT2D eigenvalue weighted by Gasteiger charge is 2.13. The zero-order valence-electron chi connectivity index (χ0n) is 9.51. The highest BCUT2D eigenvalue weighted by molar-refractivity contribution is 9.10. The minimum atomic E-state index is 0.367. The van der Waals surface area contributed by atoms with Crippen LogP contribution in [0.15, 0.2) is 39.3 Å². The van der Waals surface area contributed by atoms with Gasteiger partial charge >= 0.3 is 6.01 Å². The van der Waals surface area contributed by atoms with Gasteiger partial charge in [-0.1, -0.05) is 23.4 Å². The van der Waals surface area contributed by atoms with Crippen LogP contribution in [0.1, 0.15) is 0 Å². The maximum absolute atomic E-state index is 5.00. The van der Waals surface area contributed by atoms with E-state index in [1.54, 1.807) is 7.05 Å². The van der Waals surface area contributed by atoms with Gasteiger partial charge in [0.25, 0.3) is 0 Å². The van der Waals surface area contributed by atoms with Gasteiger partial charge in [-0.2, -0.15) is 4.98 Å². The highest BCUT2D eigenvalue weighted by Crippen LogP contribution is 2.28. The van der Waals surface area contributed by atoms with E-state index in [1.807, 2.05) is 30.3 Å². The molecule has 90 valence electrons. The predicted octanol–water partition coefficient (Wildman–Crippen LogP) is 3.09. The zero-order valence-corrected chi connectivity index (χ0v) is 11.1. The maximum atomic E-state index is 5.00. The van der Waals surface area contributed by atoms with Gasteiger partial charge in [0.15, 0.2) is 0 Å². The van der Waals surface area contributed by atoms with Gasteiger partial charge in [0, 0.05) is 16.9 Å². The fourth-order valence-electron chi connectivity index (χ4n) is 1.67. The smallest absolute Gasteiger partial charge is 0.321 e. The molecule has 3 aromatic rings. The summed E-state index contributed by atoms with van der Waals surface area (Å²) in [6.07, 6.45) is 0. The third kappa shape index (κ3) is 1.84. The van der Waals surface area contributed by atoms with Crippen molar-refractivity contribution in [3.8, 4) is 11.5 Å². The average molecular weight is 305 g/mol. The van der Waals surface area contributed by atoms with E-state index in [0.717, 1.165) is 15.4 Å². The Morgan fingerprint density at radius 2 is 2.06 bits per heavy atom. The number of fused-ring (bicyclic) bond motifs is 1. The third-order valence-corrected chi connectivity index (χ3v) is 3.13. The molecule has 6 heteroatoms. The van der Waals surface area contributed by atoms with E-state index in [0.29, 0.717) is 17.5 Å².